The van der Waals surface area contributed by atoms with Gasteiger partial charge in [0.2, 0.25) is 0 Å². The second kappa shape index (κ2) is 6.68. The Hall–Kier alpha value is -1.65. The molecule has 1 aliphatic heterocycles. The smallest absolute Gasteiger partial charge is 0.338 e. The number of esters is 1. The van der Waals surface area contributed by atoms with Gasteiger partial charge >= 0.3 is 5.97 Å². The molecule has 2 rings (SSSR count). The van der Waals surface area contributed by atoms with Crippen LogP contribution < -0.4 is 5.32 Å². The summed E-state index contributed by atoms with van der Waals surface area (Å²) in [6, 6.07) is 5.18. The third-order valence-corrected chi connectivity index (χ3v) is 3.49. The number of carbonyl (C=O) groups is 2. The standard InChI is InChI=1S/C15H16ClNO3/c1-20-15(19)12-6-2-5-11(14(12)13(18)8-16)10-4-3-7-17-9-10/h2,4-6,17H,3,7-9H2,1H3. The van der Waals surface area contributed by atoms with Crippen LogP contribution >= 0.6 is 11.6 Å². The number of halogens is 1. The highest BCUT2D eigenvalue weighted by molar-refractivity contribution is 6.32. The van der Waals surface area contributed by atoms with Gasteiger partial charge in [0, 0.05) is 12.1 Å². The van der Waals surface area contributed by atoms with Gasteiger partial charge in [-0.05, 0) is 30.2 Å². The number of nitrogens with one attached hydrogen (secondary N) is 1. The van der Waals surface area contributed by atoms with Gasteiger partial charge in [-0.15, -0.1) is 11.6 Å². The molecular formula is C15H16ClNO3. The zero-order chi connectivity index (χ0) is 14.5. The Morgan fingerprint density at radius 1 is 1.40 bits per heavy atom. The van der Waals surface area contributed by atoms with Crippen LogP contribution in [0.1, 0.15) is 32.7 Å². The summed E-state index contributed by atoms with van der Waals surface area (Å²) >= 11 is 5.68. The summed E-state index contributed by atoms with van der Waals surface area (Å²) in [4.78, 5) is 24.0. The Kier molecular flexibility index (Phi) is 4.93. The van der Waals surface area contributed by atoms with Crippen molar-refractivity contribution in [3.63, 3.8) is 0 Å². The molecule has 0 atom stereocenters. The third kappa shape index (κ3) is 2.92. The van der Waals surface area contributed by atoms with Gasteiger partial charge in [-0.2, -0.15) is 0 Å². The summed E-state index contributed by atoms with van der Waals surface area (Å²) in [5.74, 6) is -0.958. The molecule has 1 aromatic carbocycles. The van der Waals surface area contributed by atoms with E-state index in [9.17, 15) is 9.59 Å². The fraction of sp³-hybridized carbons (Fsp3) is 0.333. The van der Waals surface area contributed by atoms with Gasteiger partial charge in [0.15, 0.2) is 5.78 Å². The second-order valence-corrected chi connectivity index (χ2v) is 4.74. The van der Waals surface area contributed by atoms with Gasteiger partial charge in [-0.1, -0.05) is 18.2 Å². The van der Waals surface area contributed by atoms with E-state index >= 15 is 0 Å². The van der Waals surface area contributed by atoms with Gasteiger partial charge in [-0.3, -0.25) is 4.79 Å². The molecular weight excluding hydrogens is 278 g/mol. The zero-order valence-electron chi connectivity index (χ0n) is 11.2. The molecule has 1 N–H and O–H groups in total. The molecule has 0 aromatic heterocycles. The number of rotatable bonds is 4. The van der Waals surface area contributed by atoms with Crippen molar-refractivity contribution in [2.24, 2.45) is 0 Å². The molecule has 0 amide bonds. The molecule has 1 aromatic rings. The first-order chi connectivity index (χ1) is 9.69. The first-order valence-electron chi connectivity index (χ1n) is 6.39. The lowest BCUT2D eigenvalue weighted by atomic mass is 9.91. The second-order valence-electron chi connectivity index (χ2n) is 4.47. The van der Waals surface area contributed by atoms with Crippen LogP contribution in [0.2, 0.25) is 0 Å². The average molecular weight is 294 g/mol. The molecule has 0 saturated heterocycles. The Balaban J connectivity index is 2.58. The van der Waals surface area contributed by atoms with E-state index in [0.29, 0.717) is 12.1 Å². The highest BCUT2D eigenvalue weighted by atomic mass is 35.5. The minimum absolute atomic E-state index is 0.165. The lowest BCUT2D eigenvalue weighted by Crippen LogP contribution is -2.23. The molecule has 0 unspecified atom stereocenters. The van der Waals surface area contributed by atoms with Crippen LogP contribution in [-0.4, -0.2) is 37.8 Å². The molecule has 106 valence electrons. The molecule has 20 heavy (non-hydrogen) atoms. The summed E-state index contributed by atoms with van der Waals surface area (Å²) < 4.78 is 4.74. The molecule has 4 nitrogen and oxygen atoms in total. The number of alkyl halides is 1. The SMILES string of the molecule is COC(=O)c1cccc(C2=CCCNC2)c1C(=O)CCl. The highest BCUT2D eigenvalue weighted by Crippen LogP contribution is 2.25. The van der Waals surface area contributed by atoms with Crippen molar-refractivity contribution in [2.45, 2.75) is 6.42 Å². The maximum absolute atomic E-state index is 12.1. The Morgan fingerprint density at radius 3 is 2.80 bits per heavy atom. The molecule has 0 fully saturated rings. The number of ketones is 1. The van der Waals surface area contributed by atoms with Crippen LogP contribution in [0.15, 0.2) is 24.3 Å². The van der Waals surface area contributed by atoms with Crippen molar-refractivity contribution in [1.29, 1.82) is 0 Å². The van der Waals surface area contributed by atoms with E-state index in [4.69, 9.17) is 16.3 Å². The normalized spacial score (nSPS) is 14.6. The van der Waals surface area contributed by atoms with Gasteiger partial charge < -0.3 is 10.1 Å². The predicted molar refractivity (Wildman–Crippen MR) is 78.3 cm³/mol. The van der Waals surface area contributed by atoms with E-state index < -0.39 is 5.97 Å². The van der Waals surface area contributed by atoms with Crippen molar-refractivity contribution < 1.29 is 14.3 Å². The van der Waals surface area contributed by atoms with Crippen LogP contribution in [-0.2, 0) is 4.74 Å². The Bertz CT molecular complexity index is 566. The summed E-state index contributed by atoms with van der Waals surface area (Å²) in [6.45, 7) is 1.59. The highest BCUT2D eigenvalue weighted by Gasteiger charge is 2.22. The molecule has 0 aliphatic carbocycles. The number of hydrogen-bond acceptors (Lipinski definition) is 4. The fourth-order valence-corrected chi connectivity index (χ4v) is 2.45. The third-order valence-electron chi connectivity index (χ3n) is 3.24. The van der Waals surface area contributed by atoms with Crippen molar-refractivity contribution in [3.05, 3.63) is 41.0 Å². The van der Waals surface area contributed by atoms with E-state index in [2.05, 4.69) is 11.4 Å². The maximum Gasteiger partial charge on any atom is 0.338 e. The largest absolute Gasteiger partial charge is 0.465 e. The first kappa shape index (κ1) is 14.8. The monoisotopic (exact) mass is 293 g/mol. The van der Waals surface area contributed by atoms with E-state index in [0.717, 1.165) is 24.1 Å². The molecule has 0 bridgehead atoms. The van der Waals surface area contributed by atoms with E-state index in [-0.39, 0.29) is 17.2 Å². The summed E-state index contributed by atoms with van der Waals surface area (Å²) in [5, 5.41) is 3.25. The topological polar surface area (TPSA) is 55.4 Å². The van der Waals surface area contributed by atoms with Gasteiger partial charge in [0.1, 0.15) is 0 Å². The van der Waals surface area contributed by atoms with Crippen LogP contribution in [0.4, 0.5) is 0 Å². The van der Waals surface area contributed by atoms with Crippen LogP contribution in [0.5, 0.6) is 0 Å². The van der Waals surface area contributed by atoms with Crippen LogP contribution in [0, 0.1) is 0 Å². The average Bonchev–Trinajstić information content (AvgIpc) is 2.53. The Morgan fingerprint density at radius 2 is 2.20 bits per heavy atom. The van der Waals surface area contributed by atoms with E-state index in [1.54, 1.807) is 12.1 Å². The van der Waals surface area contributed by atoms with Crippen molar-refractivity contribution in [2.75, 3.05) is 26.1 Å². The van der Waals surface area contributed by atoms with Gasteiger partial charge in [0.05, 0.1) is 18.6 Å². The van der Waals surface area contributed by atoms with E-state index in [1.807, 2.05) is 6.07 Å². The number of ether oxygens (including phenoxy) is 1. The number of Topliss-reactive ketones (excluding diaryl/α,β-unsaturated/α-hetero) is 1. The van der Waals surface area contributed by atoms with Crippen molar-refractivity contribution >= 4 is 28.9 Å². The molecule has 0 saturated carbocycles. The first-order valence-corrected chi connectivity index (χ1v) is 6.93. The molecule has 1 aliphatic rings. The fourth-order valence-electron chi connectivity index (χ4n) is 2.32. The lowest BCUT2D eigenvalue weighted by Gasteiger charge is -2.18. The number of carbonyl (C=O) groups excluding carboxylic acids is 2. The minimum Gasteiger partial charge on any atom is -0.465 e. The van der Waals surface area contributed by atoms with Crippen LogP contribution in [0.25, 0.3) is 5.57 Å². The van der Waals surface area contributed by atoms with Gasteiger partial charge in [0.25, 0.3) is 0 Å². The minimum atomic E-state index is -0.523. The summed E-state index contributed by atoms with van der Waals surface area (Å²) in [6.07, 6.45) is 2.98. The Labute approximate surface area is 122 Å². The lowest BCUT2D eigenvalue weighted by molar-refractivity contribution is 0.0597. The molecule has 1 heterocycles. The molecule has 0 radical (unpaired) electrons. The summed E-state index contributed by atoms with van der Waals surface area (Å²) in [5.41, 5.74) is 2.38. The summed E-state index contributed by atoms with van der Waals surface area (Å²) in [7, 11) is 1.30. The molecule has 0 spiro atoms. The zero-order valence-corrected chi connectivity index (χ0v) is 12.0. The van der Waals surface area contributed by atoms with Crippen molar-refractivity contribution in [3.8, 4) is 0 Å². The van der Waals surface area contributed by atoms with Gasteiger partial charge in [-0.25, -0.2) is 4.79 Å². The number of methoxy groups -OCH3 is 1. The molecule has 5 heteroatoms. The van der Waals surface area contributed by atoms with Crippen LogP contribution in [0.3, 0.4) is 0 Å². The van der Waals surface area contributed by atoms with E-state index in [1.165, 1.54) is 7.11 Å². The van der Waals surface area contributed by atoms with Crippen molar-refractivity contribution in [1.82, 2.24) is 5.32 Å². The maximum atomic E-state index is 12.1. The number of benzene rings is 1. The number of hydrogen-bond donors (Lipinski definition) is 1. The predicted octanol–water partition coefficient (Wildman–Crippen LogP) is 2.27. The quantitative estimate of drug-likeness (QED) is 0.526.